The van der Waals surface area contributed by atoms with Crippen LogP contribution in [0.25, 0.3) is 20.7 Å². The molecule has 0 saturated heterocycles. The van der Waals surface area contributed by atoms with Crippen LogP contribution in [0.5, 0.6) is 0 Å². The van der Waals surface area contributed by atoms with E-state index in [2.05, 4.69) is 22.2 Å². The Labute approximate surface area is 179 Å². The van der Waals surface area contributed by atoms with E-state index in [1.807, 2.05) is 22.9 Å². The van der Waals surface area contributed by atoms with Crippen molar-refractivity contribution in [2.75, 3.05) is 6.54 Å². The van der Waals surface area contributed by atoms with Gasteiger partial charge in [-0.05, 0) is 25.3 Å². The van der Waals surface area contributed by atoms with E-state index in [1.54, 1.807) is 31.3 Å². The van der Waals surface area contributed by atoms with Gasteiger partial charge in [0.15, 0.2) is 5.16 Å². The minimum Gasteiger partial charge on any atom is -0.338 e. The van der Waals surface area contributed by atoms with Gasteiger partial charge in [0.2, 0.25) is 5.91 Å². The summed E-state index contributed by atoms with van der Waals surface area (Å²) in [5, 5.41) is 9.07. The zero-order valence-corrected chi connectivity index (χ0v) is 18.4. The number of thioether (sulfide) groups is 1. The first-order chi connectivity index (χ1) is 14.0. The van der Waals surface area contributed by atoms with E-state index in [0.717, 1.165) is 22.2 Å². The molecule has 0 bridgehead atoms. The molecule has 152 valence electrons. The maximum atomic E-state index is 13.2. The number of aromatic nitrogens is 2. The lowest BCUT2D eigenvalue weighted by Gasteiger charge is -2.14. The molecule has 0 aliphatic heterocycles. The molecule has 10 heteroatoms. The van der Waals surface area contributed by atoms with Gasteiger partial charge in [-0.3, -0.25) is 19.5 Å². The van der Waals surface area contributed by atoms with Gasteiger partial charge in [0, 0.05) is 28.9 Å². The Morgan fingerprint density at radius 3 is 2.86 bits per heavy atom. The maximum Gasteiger partial charge on any atom is 0.321 e. The Morgan fingerprint density at radius 1 is 1.41 bits per heavy atom. The van der Waals surface area contributed by atoms with E-state index in [1.165, 1.54) is 15.9 Å². The largest absolute Gasteiger partial charge is 0.338 e. The number of hydrogen-bond acceptors (Lipinski definition) is 7. The molecule has 0 unspecified atom stereocenters. The lowest BCUT2D eigenvalue weighted by molar-refractivity contribution is -0.119. The summed E-state index contributed by atoms with van der Waals surface area (Å²) in [7, 11) is 0. The summed E-state index contributed by atoms with van der Waals surface area (Å²) >= 11 is 4.10. The van der Waals surface area contributed by atoms with E-state index in [-0.39, 0.29) is 12.1 Å². The molecule has 0 saturated carbocycles. The minimum absolute atomic E-state index is 0.168. The number of fused-ring (bicyclic) bond motifs is 1. The molecule has 0 aliphatic rings. The molecule has 3 aromatic heterocycles. The van der Waals surface area contributed by atoms with Crippen LogP contribution >= 0.6 is 34.4 Å². The van der Waals surface area contributed by atoms with Crippen LogP contribution in [0, 0.1) is 0 Å². The van der Waals surface area contributed by atoms with Crippen LogP contribution < -0.4 is 16.2 Å². The zero-order chi connectivity index (χ0) is 21.0. The zero-order valence-electron chi connectivity index (χ0n) is 15.9. The monoisotopic (exact) mass is 448 g/mol. The molecule has 0 aliphatic carbocycles. The third kappa shape index (κ3) is 4.60. The summed E-state index contributed by atoms with van der Waals surface area (Å²) in [5.74, 6) is -0.453. The van der Waals surface area contributed by atoms with Gasteiger partial charge >= 0.3 is 6.03 Å². The molecule has 0 radical (unpaired) electrons. The molecule has 7 nitrogen and oxygen atoms in total. The fourth-order valence-electron chi connectivity index (χ4n) is 2.63. The highest BCUT2D eigenvalue weighted by Crippen LogP contribution is 2.35. The molecule has 1 atom stereocenters. The van der Waals surface area contributed by atoms with Crippen LogP contribution in [0.15, 0.2) is 45.5 Å². The second kappa shape index (κ2) is 9.38. The number of allylic oxidation sites excluding steroid dienone is 1. The molecule has 3 aromatic rings. The fourth-order valence-corrected chi connectivity index (χ4v) is 5.35. The Kier molecular flexibility index (Phi) is 6.88. The van der Waals surface area contributed by atoms with Gasteiger partial charge in [-0.15, -0.1) is 29.3 Å². The number of hydrogen-bond donors (Lipinski definition) is 2. The molecular weight excluding hydrogens is 428 g/mol. The summed E-state index contributed by atoms with van der Waals surface area (Å²) in [6, 6.07) is 3.37. The Balaban J connectivity index is 1.97. The van der Waals surface area contributed by atoms with Crippen LogP contribution in [-0.2, 0) is 11.3 Å². The summed E-state index contributed by atoms with van der Waals surface area (Å²) in [6.07, 6.45) is 1.62. The van der Waals surface area contributed by atoms with Crippen molar-refractivity contribution < 1.29 is 9.59 Å². The van der Waals surface area contributed by atoms with E-state index < -0.39 is 17.2 Å². The van der Waals surface area contributed by atoms with E-state index >= 15 is 0 Å². The molecule has 29 heavy (non-hydrogen) atoms. The Bertz CT molecular complexity index is 1100. The van der Waals surface area contributed by atoms with E-state index in [0.29, 0.717) is 21.9 Å². The van der Waals surface area contributed by atoms with Crippen LogP contribution in [0.4, 0.5) is 4.79 Å². The molecule has 0 aromatic carbocycles. The van der Waals surface area contributed by atoms with E-state index in [9.17, 15) is 14.4 Å². The van der Waals surface area contributed by atoms with Crippen molar-refractivity contribution in [2.45, 2.75) is 30.8 Å². The SMILES string of the molecule is C=CCn1c(S[C@@H](C)C(=O)NC(=O)NCC)nc2scc(-c3cccs3)c2c1=O. The smallest absolute Gasteiger partial charge is 0.321 e. The minimum atomic E-state index is -0.616. The van der Waals surface area contributed by atoms with Gasteiger partial charge in [-0.2, -0.15) is 0 Å². The molecule has 0 fully saturated rings. The average Bonchev–Trinajstić information content (AvgIpc) is 3.34. The van der Waals surface area contributed by atoms with Crippen molar-refractivity contribution in [1.82, 2.24) is 20.2 Å². The molecular formula is C19H20N4O3S3. The molecule has 3 heterocycles. The summed E-state index contributed by atoms with van der Waals surface area (Å²) in [6.45, 7) is 7.85. The van der Waals surface area contributed by atoms with Crippen LogP contribution in [-0.4, -0.2) is 33.3 Å². The van der Waals surface area contributed by atoms with Crippen molar-refractivity contribution in [3.8, 4) is 10.4 Å². The summed E-state index contributed by atoms with van der Waals surface area (Å²) in [4.78, 5) is 43.4. The van der Waals surface area contributed by atoms with Crippen molar-refractivity contribution in [2.24, 2.45) is 0 Å². The average molecular weight is 449 g/mol. The first-order valence-corrected chi connectivity index (χ1v) is 11.5. The first-order valence-electron chi connectivity index (χ1n) is 8.88. The third-order valence-corrected chi connectivity index (χ3v) is 6.85. The van der Waals surface area contributed by atoms with Gasteiger partial charge in [0.05, 0.1) is 10.6 Å². The topological polar surface area (TPSA) is 93.1 Å². The number of urea groups is 1. The summed E-state index contributed by atoms with van der Waals surface area (Å²) in [5.41, 5.74) is 0.701. The lowest BCUT2D eigenvalue weighted by atomic mass is 10.2. The van der Waals surface area contributed by atoms with Crippen LogP contribution in [0.2, 0.25) is 0 Å². The van der Waals surface area contributed by atoms with Gasteiger partial charge in [-0.25, -0.2) is 9.78 Å². The van der Waals surface area contributed by atoms with Crippen LogP contribution in [0.1, 0.15) is 13.8 Å². The van der Waals surface area contributed by atoms with Crippen molar-refractivity contribution in [1.29, 1.82) is 0 Å². The quantitative estimate of drug-likeness (QED) is 0.327. The third-order valence-electron chi connectivity index (χ3n) is 3.98. The predicted octanol–water partition coefficient (Wildman–Crippen LogP) is 3.70. The highest BCUT2D eigenvalue weighted by molar-refractivity contribution is 8.00. The molecule has 2 N–H and O–H groups in total. The van der Waals surface area contributed by atoms with Gasteiger partial charge in [0.1, 0.15) is 4.83 Å². The predicted molar refractivity (Wildman–Crippen MR) is 120 cm³/mol. The van der Waals surface area contributed by atoms with Crippen molar-refractivity contribution >= 4 is 56.6 Å². The second-order valence-electron chi connectivity index (χ2n) is 6.01. The van der Waals surface area contributed by atoms with E-state index in [4.69, 9.17) is 0 Å². The van der Waals surface area contributed by atoms with Gasteiger partial charge in [-0.1, -0.05) is 23.9 Å². The first kappa shape index (κ1) is 21.3. The van der Waals surface area contributed by atoms with Crippen molar-refractivity contribution in [3.63, 3.8) is 0 Å². The number of amides is 3. The number of carbonyl (C=O) groups excluding carboxylic acids is 2. The number of nitrogens with one attached hydrogen (secondary N) is 2. The number of rotatable bonds is 7. The Morgan fingerprint density at radius 2 is 2.21 bits per heavy atom. The standard InChI is InChI=1S/C19H20N4O3S3/c1-4-8-23-17(25)14-12(13-7-6-9-27-13)10-28-16(14)22-19(23)29-11(3)15(24)21-18(26)20-5-2/h4,6-7,9-11H,1,5,8H2,2-3H3,(H2,20,21,24,26)/t11-/m0/s1. The van der Waals surface area contributed by atoms with Gasteiger partial charge in [0.25, 0.3) is 5.56 Å². The normalized spacial score (nSPS) is 11.9. The number of thiophene rings is 2. The molecule has 0 spiro atoms. The maximum absolute atomic E-state index is 13.2. The van der Waals surface area contributed by atoms with Gasteiger partial charge < -0.3 is 5.32 Å². The van der Waals surface area contributed by atoms with Crippen LogP contribution in [0.3, 0.4) is 0 Å². The number of carbonyl (C=O) groups is 2. The lowest BCUT2D eigenvalue weighted by Crippen LogP contribution is -2.42. The number of nitrogens with zero attached hydrogens (tertiary/aromatic N) is 2. The molecule has 3 rings (SSSR count). The highest BCUT2D eigenvalue weighted by Gasteiger charge is 2.22. The number of imide groups is 1. The molecule has 3 amide bonds. The second-order valence-corrected chi connectivity index (χ2v) is 9.13. The Hall–Kier alpha value is -2.43. The highest BCUT2D eigenvalue weighted by atomic mass is 32.2. The summed E-state index contributed by atoms with van der Waals surface area (Å²) < 4.78 is 1.51. The van der Waals surface area contributed by atoms with Crippen molar-refractivity contribution in [3.05, 3.63) is 45.9 Å². The fraction of sp³-hybridized carbons (Fsp3) is 0.263.